The first kappa shape index (κ1) is 23.3. The summed E-state index contributed by atoms with van der Waals surface area (Å²) in [7, 11) is -2.36. The van der Waals surface area contributed by atoms with Crippen LogP contribution >= 0.6 is 0 Å². The zero-order valence-corrected chi connectivity index (χ0v) is 18.2. The predicted molar refractivity (Wildman–Crippen MR) is 114 cm³/mol. The summed E-state index contributed by atoms with van der Waals surface area (Å²) in [6.45, 7) is 3.13. The van der Waals surface area contributed by atoms with Gasteiger partial charge in [-0.15, -0.1) is 0 Å². The lowest BCUT2D eigenvalue weighted by atomic mass is 10.1. The highest BCUT2D eigenvalue weighted by molar-refractivity contribution is 7.92. The molecule has 1 atom stereocenters. The van der Waals surface area contributed by atoms with Crippen LogP contribution in [-0.2, 0) is 26.2 Å². The largest absolute Gasteiger partial charge is 0.357 e. The lowest BCUT2D eigenvalue weighted by molar-refractivity contribution is -0.139. The molecule has 0 saturated heterocycles. The molecule has 0 aliphatic rings. The molecule has 2 rings (SSSR count). The molecule has 162 valence electrons. The van der Waals surface area contributed by atoms with Crippen LogP contribution in [0.2, 0.25) is 0 Å². The van der Waals surface area contributed by atoms with E-state index >= 15 is 0 Å². The van der Waals surface area contributed by atoms with Gasteiger partial charge >= 0.3 is 0 Å². The Labute approximate surface area is 176 Å². The van der Waals surface area contributed by atoms with Crippen molar-refractivity contribution in [2.24, 2.45) is 0 Å². The van der Waals surface area contributed by atoms with Gasteiger partial charge in [-0.25, -0.2) is 12.8 Å². The first-order valence-electron chi connectivity index (χ1n) is 9.33. The van der Waals surface area contributed by atoms with Crippen LogP contribution in [0.4, 0.5) is 10.1 Å². The van der Waals surface area contributed by atoms with Gasteiger partial charge in [0.05, 0.1) is 11.9 Å². The standard InChI is InChI=1S/C21H26FN3O4S/c1-15-5-7-17(8-6-15)13-24(16(2)21(27)23-3)20(26)14-25(30(4,28)29)19-11-9-18(22)10-12-19/h5-12,16H,13-14H2,1-4H3,(H,23,27). The Hall–Kier alpha value is -2.94. The van der Waals surface area contributed by atoms with Crippen molar-refractivity contribution in [3.05, 3.63) is 65.5 Å². The molecule has 0 radical (unpaired) electrons. The fourth-order valence-electron chi connectivity index (χ4n) is 2.90. The van der Waals surface area contributed by atoms with Crippen molar-refractivity contribution in [3.8, 4) is 0 Å². The second kappa shape index (κ2) is 9.71. The summed E-state index contributed by atoms with van der Waals surface area (Å²) in [5.41, 5.74) is 2.02. The molecule has 2 amide bonds. The topological polar surface area (TPSA) is 86.8 Å². The Kier molecular flexibility index (Phi) is 7.55. The summed E-state index contributed by atoms with van der Waals surface area (Å²) in [5, 5.41) is 2.51. The minimum Gasteiger partial charge on any atom is -0.357 e. The Morgan fingerprint density at radius 2 is 1.63 bits per heavy atom. The van der Waals surface area contributed by atoms with E-state index in [1.54, 1.807) is 6.92 Å². The zero-order valence-electron chi connectivity index (χ0n) is 17.4. The molecule has 30 heavy (non-hydrogen) atoms. The molecular weight excluding hydrogens is 409 g/mol. The molecule has 0 aliphatic carbocycles. The van der Waals surface area contributed by atoms with Crippen LogP contribution in [0.5, 0.6) is 0 Å². The number of aryl methyl sites for hydroxylation is 1. The molecule has 0 spiro atoms. The van der Waals surface area contributed by atoms with Gasteiger partial charge in [-0.05, 0) is 43.7 Å². The van der Waals surface area contributed by atoms with E-state index in [0.717, 1.165) is 33.8 Å². The summed E-state index contributed by atoms with van der Waals surface area (Å²) in [5.74, 6) is -1.45. The lowest BCUT2D eigenvalue weighted by Crippen LogP contribution is -2.50. The van der Waals surface area contributed by atoms with Crippen molar-refractivity contribution < 1.29 is 22.4 Å². The summed E-state index contributed by atoms with van der Waals surface area (Å²) in [4.78, 5) is 26.7. The van der Waals surface area contributed by atoms with Gasteiger partial charge in [0, 0.05) is 13.6 Å². The zero-order chi connectivity index (χ0) is 22.5. The number of halogens is 1. The van der Waals surface area contributed by atoms with E-state index < -0.39 is 34.3 Å². The number of nitrogens with zero attached hydrogens (tertiary/aromatic N) is 2. The third-order valence-electron chi connectivity index (χ3n) is 4.68. The fraction of sp³-hybridized carbons (Fsp3) is 0.333. The monoisotopic (exact) mass is 435 g/mol. The van der Waals surface area contributed by atoms with Gasteiger partial charge in [-0.2, -0.15) is 0 Å². The molecule has 2 aromatic rings. The SMILES string of the molecule is CNC(=O)C(C)N(Cc1ccc(C)cc1)C(=O)CN(c1ccc(F)cc1)S(C)(=O)=O. The Balaban J connectivity index is 2.35. The molecule has 2 aromatic carbocycles. The molecule has 0 heterocycles. The minimum absolute atomic E-state index is 0.134. The average molecular weight is 436 g/mol. The second-order valence-electron chi connectivity index (χ2n) is 7.04. The summed E-state index contributed by atoms with van der Waals surface area (Å²) >= 11 is 0. The number of carbonyl (C=O) groups excluding carboxylic acids is 2. The second-order valence-corrected chi connectivity index (χ2v) is 8.95. The predicted octanol–water partition coefficient (Wildman–Crippen LogP) is 2.06. The van der Waals surface area contributed by atoms with E-state index in [0.29, 0.717) is 0 Å². The number of anilines is 1. The molecule has 0 fully saturated rings. The highest BCUT2D eigenvalue weighted by atomic mass is 32.2. The van der Waals surface area contributed by atoms with Crippen molar-refractivity contribution in [1.29, 1.82) is 0 Å². The number of nitrogens with one attached hydrogen (secondary N) is 1. The number of likely N-dealkylation sites (N-methyl/N-ethyl adjacent to an activating group) is 1. The van der Waals surface area contributed by atoms with Crippen molar-refractivity contribution in [3.63, 3.8) is 0 Å². The number of carbonyl (C=O) groups is 2. The van der Waals surface area contributed by atoms with E-state index in [1.807, 2.05) is 31.2 Å². The van der Waals surface area contributed by atoms with Crippen LogP contribution in [0.3, 0.4) is 0 Å². The summed E-state index contributed by atoms with van der Waals surface area (Å²) in [6.07, 6.45) is 0.968. The van der Waals surface area contributed by atoms with Gasteiger partial charge in [-0.1, -0.05) is 29.8 Å². The van der Waals surface area contributed by atoms with Crippen molar-refractivity contribution in [1.82, 2.24) is 10.2 Å². The molecule has 1 N–H and O–H groups in total. The summed E-state index contributed by atoms with van der Waals surface area (Å²) in [6, 6.07) is 11.5. The van der Waals surface area contributed by atoms with Crippen LogP contribution in [0.25, 0.3) is 0 Å². The van der Waals surface area contributed by atoms with E-state index in [4.69, 9.17) is 0 Å². The van der Waals surface area contributed by atoms with Crippen LogP contribution in [0, 0.1) is 12.7 Å². The number of rotatable bonds is 8. The summed E-state index contributed by atoms with van der Waals surface area (Å²) < 4.78 is 38.8. The van der Waals surface area contributed by atoms with E-state index in [9.17, 15) is 22.4 Å². The number of benzene rings is 2. The highest BCUT2D eigenvalue weighted by Gasteiger charge is 2.29. The minimum atomic E-state index is -3.83. The van der Waals surface area contributed by atoms with Crippen LogP contribution in [-0.4, -0.2) is 51.0 Å². The lowest BCUT2D eigenvalue weighted by Gasteiger charge is -2.31. The van der Waals surface area contributed by atoms with Gasteiger partial charge in [0.25, 0.3) is 0 Å². The third-order valence-corrected chi connectivity index (χ3v) is 5.82. The van der Waals surface area contributed by atoms with Crippen LogP contribution in [0.1, 0.15) is 18.1 Å². The molecule has 0 saturated carbocycles. The van der Waals surface area contributed by atoms with Gasteiger partial charge < -0.3 is 10.2 Å². The maximum atomic E-state index is 13.3. The van der Waals surface area contributed by atoms with Crippen LogP contribution in [0.15, 0.2) is 48.5 Å². The van der Waals surface area contributed by atoms with Crippen LogP contribution < -0.4 is 9.62 Å². The maximum Gasteiger partial charge on any atom is 0.244 e. The highest BCUT2D eigenvalue weighted by Crippen LogP contribution is 2.19. The average Bonchev–Trinajstić information content (AvgIpc) is 2.70. The smallest absolute Gasteiger partial charge is 0.244 e. The van der Waals surface area contributed by atoms with Gasteiger partial charge in [0.15, 0.2) is 0 Å². The Morgan fingerprint density at radius 3 is 2.13 bits per heavy atom. The molecule has 1 unspecified atom stereocenters. The quantitative estimate of drug-likeness (QED) is 0.688. The van der Waals surface area contributed by atoms with Crippen molar-refractivity contribution in [2.75, 3.05) is 24.2 Å². The first-order valence-corrected chi connectivity index (χ1v) is 11.2. The van der Waals surface area contributed by atoms with E-state index in [-0.39, 0.29) is 18.1 Å². The Bertz CT molecular complexity index is 992. The molecule has 0 bridgehead atoms. The third kappa shape index (κ3) is 6.03. The van der Waals surface area contributed by atoms with Crippen molar-refractivity contribution in [2.45, 2.75) is 26.4 Å². The molecule has 0 aromatic heterocycles. The Morgan fingerprint density at radius 1 is 1.07 bits per heavy atom. The van der Waals surface area contributed by atoms with Gasteiger partial charge in [0.2, 0.25) is 21.8 Å². The molecule has 9 heteroatoms. The first-order chi connectivity index (χ1) is 14.0. The van der Waals surface area contributed by atoms with Gasteiger partial charge in [0.1, 0.15) is 18.4 Å². The maximum absolute atomic E-state index is 13.3. The van der Waals surface area contributed by atoms with E-state index in [1.165, 1.54) is 24.1 Å². The number of hydrogen-bond acceptors (Lipinski definition) is 4. The van der Waals surface area contributed by atoms with Gasteiger partial charge in [-0.3, -0.25) is 13.9 Å². The molecular formula is C21H26FN3O4S. The number of amides is 2. The normalized spacial score (nSPS) is 12.2. The fourth-order valence-corrected chi connectivity index (χ4v) is 3.75. The van der Waals surface area contributed by atoms with E-state index in [2.05, 4.69) is 5.32 Å². The van der Waals surface area contributed by atoms with Crippen molar-refractivity contribution >= 4 is 27.5 Å². The number of sulfonamides is 1. The molecule has 7 nitrogen and oxygen atoms in total. The number of hydrogen-bond donors (Lipinski definition) is 1. The molecule has 0 aliphatic heterocycles.